The van der Waals surface area contributed by atoms with Crippen molar-refractivity contribution in [3.63, 3.8) is 0 Å². The molecule has 0 spiro atoms. The Morgan fingerprint density at radius 3 is 2.28 bits per heavy atom. The minimum absolute atomic E-state index is 0.113. The van der Waals surface area contributed by atoms with E-state index in [4.69, 9.17) is 0 Å². The van der Waals surface area contributed by atoms with Gasteiger partial charge in [-0.1, -0.05) is 48.5 Å². The van der Waals surface area contributed by atoms with E-state index in [-0.39, 0.29) is 5.91 Å². The fourth-order valence-electron chi connectivity index (χ4n) is 2.99. The normalized spacial score (nSPS) is 15.0. The lowest BCUT2D eigenvalue weighted by Gasteiger charge is -2.16. The predicted molar refractivity (Wildman–Crippen MR) is 95.5 cm³/mol. The Kier molecular flexibility index (Phi) is 3.65. The fourth-order valence-corrected chi connectivity index (χ4v) is 2.99. The zero-order chi connectivity index (χ0) is 17.4. The minimum atomic E-state index is -0.113. The smallest absolute Gasteiger partial charge is 0.279 e. The number of carbonyl (C=O) groups excluding carboxylic acids is 1. The quantitative estimate of drug-likeness (QED) is 0.741. The Labute approximate surface area is 145 Å². The van der Waals surface area contributed by atoms with Crippen molar-refractivity contribution < 1.29 is 4.79 Å². The van der Waals surface area contributed by atoms with Crippen LogP contribution in [0.3, 0.4) is 0 Å². The molecule has 1 aliphatic rings. The van der Waals surface area contributed by atoms with Gasteiger partial charge in [-0.05, 0) is 25.5 Å². The molecule has 6 nitrogen and oxygen atoms in total. The average molecular weight is 331 g/mol. The molecule has 3 aromatic rings. The highest BCUT2D eigenvalue weighted by molar-refractivity contribution is 6.54. The van der Waals surface area contributed by atoms with Gasteiger partial charge in [0.25, 0.3) is 5.91 Å². The molecular weight excluding hydrogens is 314 g/mol. The van der Waals surface area contributed by atoms with Crippen molar-refractivity contribution in [1.82, 2.24) is 14.9 Å². The van der Waals surface area contributed by atoms with Gasteiger partial charge < -0.3 is 4.90 Å². The van der Waals surface area contributed by atoms with E-state index < -0.39 is 0 Å². The Hall–Kier alpha value is -3.28. The molecule has 1 amide bonds. The second-order valence-corrected chi connectivity index (χ2v) is 5.95. The molecule has 25 heavy (non-hydrogen) atoms. The van der Waals surface area contributed by atoms with Gasteiger partial charge in [-0.25, -0.2) is 4.68 Å². The molecule has 0 saturated carbocycles. The lowest BCUT2D eigenvalue weighted by Crippen LogP contribution is -2.30. The summed E-state index contributed by atoms with van der Waals surface area (Å²) in [4.78, 5) is 14.8. The number of para-hydroxylation sites is 1. The summed E-state index contributed by atoms with van der Waals surface area (Å²) in [5.41, 5.74) is 3.19. The predicted octanol–water partition coefficient (Wildman–Crippen LogP) is 2.69. The monoisotopic (exact) mass is 331 g/mol. The molecule has 0 fully saturated rings. The molecule has 2 heterocycles. The number of carbonyl (C=O) groups is 1. The van der Waals surface area contributed by atoms with Crippen molar-refractivity contribution in [1.29, 1.82) is 0 Å². The first-order chi connectivity index (χ1) is 12.1. The van der Waals surface area contributed by atoms with Crippen LogP contribution in [0.15, 0.2) is 59.7 Å². The molecule has 0 N–H and O–H groups in total. The van der Waals surface area contributed by atoms with Crippen LogP contribution in [0.2, 0.25) is 0 Å². The first kappa shape index (κ1) is 15.3. The SMILES string of the molecule is Cc1nnc(C)n1N=C1C(=O)N(Cc2ccccc2)c2ccccc21. The largest absolute Gasteiger partial charge is 0.302 e. The number of rotatable bonds is 3. The molecule has 1 aliphatic heterocycles. The van der Waals surface area contributed by atoms with Crippen LogP contribution in [0.25, 0.3) is 0 Å². The highest BCUT2D eigenvalue weighted by Gasteiger charge is 2.34. The van der Waals surface area contributed by atoms with Crippen LogP contribution in [-0.4, -0.2) is 26.5 Å². The first-order valence-electron chi connectivity index (χ1n) is 8.08. The third kappa shape index (κ3) is 2.61. The van der Waals surface area contributed by atoms with Crippen molar-refractivity contribution in [2.75, 3.05) is 4.90 Å². The van der Waals surface area contributed by atoms with E-state index in [1.54, 1.807) is 9.58 Å². The molecule has 124 valence electrons. The molecule has 0 aliphatic carbocycles. The lowest BCUT2D eigenvalue weighted by molar-refractivity contribution is -0.112. The Morgan fingerprint density at radius 1 is 0.920 bits per heavy atom. The van der Waals surface area contributed by atoms with Gasteiger partial charge in [-0.15, -0.1) is 10.2 Å². The summed E-state index contributed by atoms with van der Waals surface area (Å²) in [5.74, 6) is 1.19. The zero-order valence-electron chi connectivity index (χ0n) is 14.0. The van der Waals surface area contributed by atoms with Gasteiger partial charge in [0.2, 0.25) is 0 Å². The van der Waals surface area contributed by atoms with E-state index in [0.717, 1.165) is 16.8 Å². The maximum atomic E-state index is 13.1. The van der Waals surface area contributed by atoms with Crippen molar-refractivity contribution in [3.8, 4) is 0 Å². The number of aromatic nitrogens is 3. The highest BCUT2D eigenvalue weighted by atomic mass is 16.2. The van der Waals surface area contributed by atoms with Gasteiger partial charge in [0, 0.05) is 5.56 Å². The summed E-state index contributed by atoms with van der Waals surface area (Å²) in [7, 11) is 0. The van der Waals surface area contributed by atoms with Crippen molar-refractivity contribution in [2.45, 2.75) is 20.4 Å². The molecular formula is C19H17N5O. The third-order valence-corrected chi connectivity index (χ3v) is 4.23. The van der Waals surface area contributed by atoms with Crippen LogP contribution in [0.5, 0.6) is 0 Å². The zero-order valence-corrected chi connectivity index (χ0v) is 14.0. The average Bonchev–Trinajstić information content (AvgIpc) is 3.09. The molecule has 0 atom stereocenters. The Bertz CT molecular complexity index is 955. The molecule has 0 bridgehead atoms. The molecule has 1 aromatic heterocycles. The van der Waals surface area contributed by atoms with Crippen molar-refractivity contribution in [3.05, 3.63) is 77.4 Å². The van der Waals surface area contributed by atoms with E-state index in [0.29, 0.717) is 23.9 Å². The van der Waals surface area contributed by atoms with Gasteiger partial charge in [-0.3, -0.25) is 4.79 Å². The summed E-state index contributed by atoms with van der Waals surface area (Å²) in [5, 5.41) is 12.6. The van der Waals surface area contributed by atoms with Gasteiger partial charge >= 0.3 is 0 Å². The summed E-state index contributed by atoms with van der Waals surface area (Å²) in [6.07, 6.45) is 0. The molecule has 6 heteroatoms. The van der Waals surface area contributed by atoms with Crippen LogP contribution in [0.1, 0.15) is 22.8 Å². The van der Waals surface area contributed by atoms with E-state index in [1.807, 2.05) is 68.4 Å². The number of hydrogen-bond donors (Lipinski definition) is 0. The Morgan fingerprint density at radius 2 is 1.56 bits per heavy atom. The molecule has 0 radical (unpaired) electrons. The van der Waals surface area contributed by atoms with Crippen molar-refractivity contribution in [2.24, 2.45) is 5.10 Å². The van der Waals surface area contributed by atoms with Crippen LogP contribution >= 0.6 is 0 Å². The van der Waals surface area contributed by atoms with E-state index in [1.165, 1.54) is 0 Å². The summed E-state index contributed by atoms with van der Waals surface area (Å²) >= 11 is 0. The molecule has 0 saturated heterocycles. The Balaban J connectivity index is 1.79. The number of nitrogens with zero attached hydrogens (tertiary/aromatic N) is 5. The number of anilines is 1. The van der Waals surface area contributed by atoms with E-state index in [2.05, 4.69) is 15.3 Å². The van der Waals surface area contributed by atoms with Crippen LogP contribution in [-0.2, 0) is 11.3 Å². The maximum Gasteiger partial charge on any atom is 0.279 e. The third-order valence-electron chi connectivity index (χ3n) is 4.23. The van der Waals surface area contributed by atoms with Gasteiger partial charge in [0.1, 0.15) is 0 Å². The van der Waals surface area contributed by atoms with Crippen molar-refractivity contribution >= 4 is 17.3 Å². The van der Waals surface area contributed by atoms with Crippen LogP contribution in [0.4, 0.5) is 5.69 Å². The van der Waals surface area contributed by atoms with E-state index in [9.17, 15) is 4.79 Å². The molecule has 2 aromatic carbocycles. The molecule has 4 rings (SSSR count). The van der Waals surface area contributed by atoms with E-state index >= 15 is 0 Å². The van der Waals surface area contributed by atoms with Crippen LogP contribution in [0, 0.1) is 13.8 Å². The van der Waals surface area contributed by atoms with Gasteiger partial charge in [0.15, 0.2) is 17.4 Å². The standard InChI is InChI=1S/C19H17N5O/c1-13-20-21-14(2)24(13)22-18-16-10-6-7-11-17(16)23(19(18)25)12-15-8-4-3-5-9-15/h3-11H,12H2,1-2H3. The number of benzene rings is 2. The topological polar surface area (TPSA) is 63.4 Å². The van der Waals surface area contributed by atoms with Crippen LogP contribution < -0.4 is 4.90 Å². The summed E-state index contributed by atoms with van der Waals surface area (Å²) < 4.78 is 1.61. The lowest BCUT2D eigenvalue weighted by atomic mass is 10.1. The summed E-state index contributed by atoms with van der Waals surface area (Å²) in [6.45, 7) is 4.14. The second kappa shape index (κ2) is 5.98. The highest BCUT2D eigenvalue weighted by Crippen LogP contribution is 2.30. The maximum absolute atomic E-state index is 13.1. The number of fused-ring (bicyclic) bond motifs is 1. The number of amides is 1. The summed E-state index contributed by atoms with van der Waals surface area (Å²) in [6, 6.07) is 17.7. The first-order valence-corrected chi connectivity index (χ1v) is 8.08. The van der Waals surface area contributed by atoms with Gasteiger partial charge in [-0.2, -0.15) is 5.10 Å². The fraction of sp³-hybridized carbons (Fsp3) is 0.158. The minimum Gasteiger partial charge on any atom is -0.302 e. The van der Waals surface area contributed by atoms with Gasteiger partial charge in [0.05, 0.1) is 12.2 Å². The number of aryl methyl sites for hydroxylation is 2. The number of hydrogen-bond acceptors (Lipinski definition) is 4. The molecule has 0 unspecified atom stereocenters. The second-order valence-electron chi connectivity index (χ2n) is 5.95.